The second-order valence-corrected chi connectivity index (χ2v) is 3.71. The van der Waals surface area contributed by atoms with E-state index in [4.69, 9.17) is 0 Å². The van der Waals surface area contributed by atoms with Gasteiger partial charge in [-0.25, -0.2) is 0 Å². The normalized spacial score (nSPS) is 11.0. The first-order valence-corrected chi connectivity index (χ1v) is 5.52. The smallest absolute Gasteiger partial charge is 0.101 e. The van der Waals surface area contributed by atoms with E-state index in [1.807, 2.05) is 60.7 Å². The summed E-state index contributed by atoms with van der Waals surface area (Å²) >= 11 is 0. The van der Waals surface area contributed by atoms with Crippen LogP contribution in [-0.2, 0) is 0 Å². The van der Waals surface area contributed by atoms with Gasteiger partial charge in [0.1, 0.15) is 12.1 Å². The number of hydrogen-bond acceptors (Lipinski definition) is 2. The van der Waals surface area contributed by atoms with E-state index in [-0.39, 0.29) is 0 Å². The third kappa shape index (κ3) is 2.29. The highest BCUT2D eigenvalue weighted by molar-refractivity contribution is 6.02. The molecular weight excluding hydrogens is 220 g/mol. The van der Waals surface area contributed by atoms with Crippen LogP contribution in [0.4, 0.5) is 0 Å². The first-order chi connectivity index (χ1) is 8.86. The van der Waals surface area contributed by atoms with Gasteiger partial charge in [0, 0.05) is 0 Å². The molecule has 0 spiro atoms. The summed E-state index contributed by atoms with van der Waals surface area (Å²) in [6, 6.07) is 22.8. The quantitative estimate of drug-likeness (QED) is 0.584. The molecule has 0 aliphatic rings. The van der Waals surface area contributed by atoms with Gasteiger partial charge >= 0.3 is 0 Å². The molecule has 0 N–H and O–H groups in total. The summed E-state index contributed by atoms with van der Waals surface area (Å²) in [5.74, 6) is 0. The van der Waals surface area contributed by atoms with E-state index in [1.165, 1.54) is 0 Å². The van der Waals surface area contributed by atoms with Crippen molar-refractivity contribution < 1.29 is 0 Å². The van der Waals surface area contributed by atoms with Crippen LogP contribution in [0.2, 0.25) is 0 Å². The molecule has 0 saturated carbocycles. The van der Waals surface area contributed by atoms with Crippen LogP contribution in [-0.4, -0.2) is 0 Å². The van der Waals surface area contributed by atoms with E-state index < -0.39 is 0 Å². The molecule has 0 bridgehead atoms. The average Bonchev–Trinajstić information content (AvgIpc) is 2.46. The minimum absolute atomic E-state index is 0.407. The molecule has 2 aromatic carbocycles. The molecule has 2 rings (SSSR count). The zero-order chi connectivity index (χ0) is 12.8. The summed E-state index contributed by atoms with van der Waals surface area (Å²) in [6.45, 7) is 0. The molecule has 0 fully saturated rings. The lowest BCUT2D eigenvalue weighted by atomic mass is 9.96. The van der Waals surface area contributed by atoms with Crippen LogP contribution in [0, 0.1) is 22.7 Å². The van der Waals surface area contributed by atoms with Gasteiger partial charge in [0.05, 0.1) is 11.1 Å². The lowest BCUT2D eigenvalue weighted by Crippen LogP contribution is -1.88. The fourth-order valence-corrected chi connectivity index (χ4v) is 1.74. The Bertz CT molecular complexity index is 581. The molecule has 0 heterocycles. The van der Waals surface area contributed by atoms with Crippen LogP contribution < -0.4 is 0 Å². The Balaban J connectivity index is 2.63. The maximum absolute atomic E-state index is 9.28. The van der Waals surface area contributed by atoms with Crippen molar-refractivity contribution in [2.75, 3.05) is 0 Å². The lowest BCUT2D eigenvalue weighted by molar-refractivity contribution is 1.50. The Morgan fingerprint density at radius 1 is 0.611 bits per heavy atom. The maximum Gasteiger partial charge on any atom is 0.101 e. The van der Waals surface area contributed by atoms with Crippen molar-refractivity contribution in [2.24, 2.45) is 0 Å². The average molecular weight is 230 g/mol. The van der Waals surface area contributed by atoms with Crippen molar-refractivity contribution in [1.82, 2.24) is 0 Å². The Morgan fingerprint density at radius 3 is 1.22 bits per heavy atom. The standard InChI is InChI=1S/C16H10N2/c17-11-15(13-7-3-1-4-8-13)16(12-18)14-9-5-2-6-10-14/h1-10H/b16-15+. The van der Waals surface area contributed by atoms with Gasteiger partial charge in [-0.2, -0.15) is 10.5 Å². The van der Waals surface area contributed by atoms with E-state index >= 15 is 0 Å². The fraction of sp³-hybridized carbons (Fsp3) is 0. The van der Waals surface area contributed by atoms with Gasteiger partial charge in [-0.3, -0.25) is 0 Å². The molecule has 2 aromatic rings. The van der Waals surface area contributed by atoms with Crippen LogP contribution in [0.5, 0.6) is 0 Å². The van der Waals surface area contributed by atoms with E-state index in [0.717, 1.165) is 11.1 Å². The molecule has 0 radical (unpaired) electrons. The Morgan fingerprint density at radius 2 is 0.944 bits per heavy atom. The topological polar surface area (TPSA) is 47.6 Å². The van der Waals surface area contributed by atoms with Crippen molar-refractivity contribution >= 4 is 11.1 Å². The zero-order valence-electron chi connectivity index (χ0n) is 9.67. The van der Waals surface area contributed by atoms with Gasteiger partial charge in [0.25, 0.3) is 0 Å². The minimum Gasteiger partial charge on any atom is -0.192 e. The molecule has 0 aliphatic heterocycles. The lowest BCUT2D eigenvalue weighted by Gasteiger charge is -2.03. The second kappa shape index (κ2) is 5.48. The van der Waals surface area contributed by atoms with Gasteiger partial charge in [-0.1, -0.05) is 60.7 Å². The molecule has 0 aromatic heterocycles. The van der Waals surface area contributed by atoms with Crippen molar-refractivity contribution in [3.63, 3.8) is 0 Å². The van der Waals surface area contributed by atoms with Gasteiger partial charge in [-0.15, -0.1) is 0 Å². The molecule has 0 amide bonds. The molecule has 2 nitrogen and oxygen atoms in total. The highest BCUT2D eigenvalue weighted by Gasteiger charge is 2.10. The zero-order valence-corrected chi connectivity index (χ0v) is 9.67. The molecule has 84 valence electrons. The third-order valence-corrected chi connectivity index (χ3v) is 2.60. The first-order valence-electron chi connectivity index (χ1n) is 5.52. The van der Waals surface area contributed by atoms with Gasteiger partial charge in [0.15, 0.2) is 0 Å². The van der Waals surface area contributed by atoms with Gasteiger partial charge in [0.2, 0.25) is 0 Å². The van der Waals surface area contributed by atoms with Crippen LogP contribution in [0.15, 0.2) is 60.7 Å². The Hall–Kier alpha value is -2.84. The molecule has 0 unspecified atom stereocenters. The fourth-order valence-electron chi connectivity index (χ4n) is 1.74. The van der Waals surface area contributed by atoms with Crippen molar-refractivity contribution in [3.05, 3.63) is 71.8 Å². The second-order valence-electron chi connectivity index (χ2n) is 3.71. The summed E-state index contributed by atoms with van der Waals surface area (Å²) in [5.41, 5.74) is 2.34. The number of benzene rings is 2. The monoisotopic (exact) mass is 230 g/mol. The predicted molar refractivity (Wildman–Crippen MR) is 70.9 cm³/mol. The minimum atomic E-state index is 0.407. The van der Waals surface area contributed by atoms with Crippen LogP contribution in [0.25, 0.3) is 11.1 Å². The third-order valence-electron chi connectivity index (χ3n) is 2.60. The van der Waals surface area contributed by atoms with Crippen molar-refractivity contribution in [3.8, 4) is 12.1 Å². The first kappa shape index (κ1) is 11.6. The van der Waals surface area contributed by atoms with E-state index in [2.05, 4.69) is 12.1 Å². The summed E-state index contributed by atoms with van der Waals surface area (Å²) in [6.07, 6.45) is 0. The Kier molecular flexibility index (Phi) is 3.54. The number of nitrogens with zero attached hydrogens (tertiary/aromatic N) is 2. The number of rotatable bonds is 2. The molecule has 18 heavy (non-hydrogen) atoms. The Labute approximate surface area is 106 Å². The largest absolute Gasteiger partial charge is 0.192 e. The summed E-state index contributed by atoms with van der Waals surface area (Å²) in [5, 5.41) is 18.6. The summed E-state index contributed by atoms with van der Waals surface area (Å²) < 4.78 is 0. The van der Waals surface area contributed by atoms with E-state index in [1.54, 1.807) is 0 Å². The van der Waals surface area contributed by atoms with E-state index in [9.17, 15) is 10.5 Å². The van der Waals surface area contributed by atoms with Crippen LogP contribution in [0.1, 0.15) is 11.1 Å². The number of hydrogen-bond donors (Lipinski definition) is 0. The van der Waals surface area contributed by atoms with E-state index in [0.29, 0.717) is 11.1 Å². The van der Waals surface area contributed by atoms with Crippen molar-refractivity contribution in [2.45, 2.75) is 0 Å². The van der Waals surface area contributed by atoms with Gasteiger partial charge < -0.3 is 0 Å². The molecule has 0 atom stereocenters. The summed E-state index contributed by atoms with van der Waals surface area (Å²) in [7, 11) is 0. The molecule has 2 heteroatoms. The van der Waals surface area contributed by atoms with Crippen LogP contribution in [0.3, 0.4) is 0 Å². The SMILES string of the molecule is N#C/C(=C(/C#N)c1ccccc1)c1ccccc1. The van der Waals surface area contributed by atoms with Crippen LogP contribution >= 0.6 is 0 Å². The van der Waals surface area contributed by atoms with Gasteiger partial charge in [-0.05, 0) is 11.1 Å². The summed E-state index contributed by atoms with van der Waals surface area (Å²) in [4.78, 5) is 0. The maximum atomic E-state index is 9.28. The number of allylic oxidation sites excluding steroid dienone is 2. The van der Waals surface area contributed by atoms with Crippen molar-refractivity contribution in [1.29, 1.82) is 10.5 Å². The highest BCUT2D eigenvalue weighted by atomic mass is 14.3. The highest BCUT2D eigenvalue weighted by Crippen LogP contribution is 2.25. The molecule has 0 aliphatic carbocycles. The molecule has 0 saturated heterocycles. The predicted octanol–water partition coefficient (Wildman–Crippen LogP) is 3.64. The number of nitriles is 2. The molecular formula is C16H10N2.